The van der Waals surface area contributed by atoms with E-state index < -0.39 is 27.3 Å². The van der Waals surface area contributed by atoms with Gasteiger partial charge in [-0.15, -0.1) is 11.3 Å². The first-order chi connectivity index (χ1) is 14.7. The van der Waals surface area contributed by atoms with E-state index in [1.807, 2.05) is 0 Å². The number of benzene rings is 1. The molecule has 1 aliphatic carbocycles. The van der Waals surface area contributed by atoms with Gasteiger partial charge >= 0.3 is 5.97 Å². The summed E-state index contributed by atoms with van der Waals surface area (Å²) in [6.45, 7) is 0. The van der Waals surface area contributed by atoms with Crippen LogP contribution in [0.15, 0.2) is 27.3 Å². The average molecular weight is 462 g/mol. The lowest BCUT2D eigenvalue weighted by Gasteiger charge is -2.16. The Morgan fingerprint density at radius 2 is 1.97 bits per heavy atom. The lowest BCUT2D eigenvalue weighted by molar-refractivity contribution is 0.0695. The number of pyridine rings is 1. The number of aliphatic hydroxyl groups excluding tert-OH is 1. The standard InChI is InChI=1S/C21H19NO7S2/c1-29-19-16(15-7-11-14(23)4-5-31(27,28)21(11)30-15)10(9-2-3-9)6-12-17(19)22-8-13(18(12)24)20(25)26/h6-9,14,23H,2-5H2,1H3,(H,22,24)(H,25,26). The summed E-state index contributed by atoms with van der Waals surface area (Å²) < 4.78 is 31.0. The van der Waals surface area contributed by atoms with Gasteiger partial charge in [-0.25, -0.2) is 13.2 Å². The second kappa shape index (κ2) is 6.91. The highest BCUT2D eigenvalue weighted by Gasteiger charge is 2.35. The number of aromatic carboxylic acids is 1. The first kappa shape index (κ1) is 20.2. The molecular formula is C21H19NO7S2. The van der Waals surface area contributed by atoms with Crippen LogP contribution in [0, 0.1) is 0 Å². The molecule has 2 aromatic heterocycles. The largest absolute Gasteiger partial charge is 0.494 e. The normalized spacial score (nSPS) is 19.9. The van der Waals surface area contributed by atoms with E-state index in [1.54, 1.807) is 12.1 Å². The number of carboxylic acids is 1. The van der Waals surface area contributed by atoms with Crippen molar-refractivity contribution in [1.29, 1.82) is 0 Å². The number of hydrogen-bond donors (Lipinski definition) is 3. The number of carbonyl (C=O) groups is 1. The Morgan fingerprint density at radius 3 is 2.58 bits per heavy atom. The van der Waals surface area contributed by atoms with Crippen molar-refractivity contribution in [2.24, 2.45) is 0 Å². The van der Waals surface area contributed by atoms with Crippen molar-refractivity contribution >= 4 is 38.0 Å². The van der Waals surface area contributed by atoms with Gasteiger partial charge in [0, 0.05) is 22.2 Å². The second-order valence-corrected chi connectivity index (χ2v) is 11.2. The molecule has 3 heterocycles. The molecule has 1 unspecified atom stereocenters. The molecule has 3 aromatic rings. The van der Waals surface area contributed by atoms with Gasteiger partial charge in [0.1, 0.15) is 9.77 Å². The van der Waals surface area contributed by atoms with Gasteiger partial charge in [0.25, 0.3) is 0 Å². The van der Waals surface area contributed by atoms with Crippen LogP contribution in [0.4, 0.5) is 0 Å². The van der Waals surface area contributed by atoms with Gasteiger partial charge in [-0.3, -0.25) is 4.79 Å². The number of H-pyrrole nitrogens is 1. The predicted octanol–water partition coefficient (Wildman–Crippen LogP) is 3.05. The molecule has 10 heteroatoms. The Kier molecular flexibility index (Phi) is 4.51. The van der Waals surface area contributed by atoms with Crippen LogP contribution in [0.25, 0.3) is 21.3 Å². The molecule has 2 aliphatic rings. The van der Waals surface area contributed by atoms with Crippen molar-refractivity contribution < 1.29 is 28.2 Å². The molecule has 1 aliphatic heterocycles. The number of rotatable bonds is 4. The van der Waals surface area contributed by atoms with Gasteiger partial charge in [0.15, 0.2) is 15.6 Å². The third-order valence-electron chi connectivity index (χ3n) is 5.89. The monoisotopic (exact) mass is 461 g/mol. The van der Waals surface area contributed by atoms with Gasteiger partial charge in [-0.1, -0.05) is 0 Å². The van der Waals surface area contributed by atoms with Crippen LogP contribution >= 0.6 is 11.3 Å². The quantitative estimate of drug-likeness (QED) is 0.544. The molecule has 31 heavy (non-hydrogen) atoms. The zero-order valence-corrected chi connectivity index (χ0v) is 18.1. The maximum absolute atomic E-state index is 12.8. The number of hydrogen-bond acceptors (Lipinski definition) is 7. The highest BCUT2D eigenvalue weighted by Crippen LogP contribution is 2.52. The highest BCUT2D eigenvalue weighted by atomic mass is 32.2. The topological polar surface area (TPSA) is 134 Å². The van der Waals surface area contributed by atoms with Crippen molar-refractivity contribution in [2.45, 2.75) is 35.5 Å². The minimum absolute atomic E-state index is 0.100. The number of aromatic amines is 1. The molecule has 0 saturated heterocycles. The fourth-order valence-electron chi connectivity index (χ4n) is 4.19. The number of nitrogens with one attached hydrogen (secondary N) is 1. The Balaban J connectivity index is 1.84. The van der Waals surface area contributed by atoms with E-state index in [-0.39, 0.29) is 33.3 Å². The van der Waals surface area contributed by atoms with Crippen LogP contribution in [0.5, 0.6) is 5.75 Å². The van der Waals surface area contributed by atoms with Crippen LogP contribution in [0.2, 0.25) is 0 Å². The average Bonchev–Trinajstić information content (AvgIpc) is 3.47. The van der Waals surface area contributed by atoms with E-state index in [9.17, 15) is 28.2 Å². The molecule has 3 N–H and O–H groups in total. The fourth-order valence-corrected chi connectivity index (χ4v) is 7.50. The third kappa shape index (κ3) is 3.08. The van der Waals surface area contributed by atoms with Crippen LogP contribution < -0.4 is 10.2 Å². The first-order valence-corrected chi connectivity index (χ1v) is 12.2. The molecule has 0 bridgehead atoms. The summed E-state index contributed by atoms with van der Waals surface area (Å²) in [4.78, 5) is 27.7. The van der Waals surface area contributed by atoms with Gasteiger partial charge in [0.05, 0.1) is 29.9 Å². The van der Waals surface area contributed by atoms with Gasteiger partial charge in [-0.2, -0.15) is 0 Å². The van der Waals surface area contributed by atoms with Crippen molar-refractivity contribution in [2.75, 3.05) is 12.9 Å². The van der Waals surface area contributed by atoms with Crippen LogP contribution in [-0.2, 0) is 9.84 Å². The van der Waals surface area contributed by atoms with E-state index in [1.165, 1.54) is 7.11 Å². The molecule has 0 radical (unpaired) electrons. The number of sulfone groups is 1. The molecule has 1 aromatic carbocycles. The smallest absolute Gasteiger partial charge is 0.341 e. The molecular weight excluding hydrogens is 442 g/mol. The number of aliphatic hydroxyl groups is 1. The van der Waals surface area contributed by atoms with E-state index in [0.717, 1.165) is 35.9 Å². The SMILES string of the molecule is COc1c(-c2cc3c(s2)S(=O)(=O)CCC3O)c(C2CC2)cc2c(=O)c(C(=O)O)c[nH]c12. The van der Waals surface area contributed by atoms with Gasteiger partial charge in [-0.05, 0) is 42.9 Å². The van der Waals surface area contributed by atoms with Crippen molar-refractivity contribution in [1.82, 2.24) is 4.98 Å². The lowest BCUT2D eigenvalue weighted by atomic mass is 9.96. The second-order valence-electron chi connectivity index (χ2n) is 7.88. The van der Waals surface area contributed by atoms with Crippen LogP contribution in [0.1, 0.15) is 52.8 Å². The minimum atomic E-state index is -3.47. The zero-order chi connectivity index (χ0) is 22.1. The zero-order valence-electron chi connectivity index (χ0n) is 16.5. The van der Waals surface area contributed by atoms with Gasteiger partial charge < -0.3 is 19.9 Å². The van der Waals surface area contributed by atoms with E-state index in [4.69, 9.17) is 4.74 Å². The summed E-state index contributed by atoms with van der Waals surface area (Å²) in [7, 11) is -2.01. The third-order valence-corrected chi connectivity index (χ3v) is 9.44. The van der Waals surface area contributed by atoms with E-state index in [0.29, 0.717) is 27.3 Å². The Bertz CT molecular complexity index is 1410. The molecule has 8 nitrogen and oxygen atoms in total. The number of fused-ring (bicyclic) bond motifs is 2. The van der Waals surface area contributed by atoms with Crippen LogP contribution in [-0.4, -0.2) is 42.4 Å². The number of methoxy groups -OCH3 is 1. The fraction of sp³-hybridized carbons (Fsp3) is 0.333. The molecule has 1 atom stereocenters. The Hall–Kier alpha value is -2.69. The van der Waals surface area contributed by atoms with Crippen LogP contribution in [0.3, 0.4) is 0 Å². The summed E-state index contributed by atoms with van der Waals surface area (Å²) in [5, 5.41) is 19.9. The van der Waals surface area contributed by atoms with E-state index in [2.05, 4.69) is 4.98 Å². The molecule has 0 spiro atoms. The summed E-state index contributed by atoms with van der Waals surface area (Å²) in [6, 6.07) is 3.39. The van der Waals surface area contributed by atoms with Crippen molar-refractivity contribution in [3.05, 3.63) is 45.2 Å². The molecule has 1 saturated carbocycles. The predicted molar refractivity (Wildman–Crippen MR) is 115 cm³/mol. The molecule has 5 rings (SSSR count). The number of aromatic nitrogens is 1. The van der Waals surface area contributed by atoms with Gasteiger partial charge in [0.2, 0.25) is 5.43 Å². The van der Waals surface area contributed by atoms with Crippen molar-refractivity contribution in [3.8, 4) is 16.2 Å². The summed E-state index contributed by atoms with van der Waals surface area (Å²) >= 11 is 1.09. The summed E-state index contributed by atoms with van der Waals surface area (Å²) in [5.41, 5.74) is 1.29. The number of thiophene rings is 1. The Morgan fingerprint density at radius 1 is 1.23 bits per heavy atom. The maximum atomic E-state index is 12.8. The minimum Gasteiger partial charge on any atom is -0.494 e. The first-order valence-electron chi connectivity index (χ1n) is 9.77. The molecule has 1 fully saturated rings. The highest BCUT2D eigenvalue weighted by molar-refractivity contribution is 7.93. The maximum Gasteiger partial charge on any atom is 0.341 e. The summed E-state index contributed by atoms with van der Waals surface area (Å²) in [6.07, 6.45) is 2.26. The number of carboxylic acid groups (broad SMARTS) is 1. The molecule has 0 amide bonds. The van der Waals surface area contributed by atoms with E-state index >= 15 is 0 Å². The summed E-state index contributed by atoms with van der Waals surface area (Å²) in [5.74, 6) is -0.887. The van der Waals surface area contributed by atoms with Crippen molar-refractivity contribution in [3.63, 3.8) is 0 Å². The molecule has 162 valence electrons. The Labute approximate surface area is 181 Å². The number of ether oxygens (including phenoxy) is 1. The lowest BCUT2D eigenvalue weighted by Crippen LogP contribution is -2.17.